The fourth-order valence-electron chi connectivity index (χ4n) is 2.11. The van der Waals surface area contributed by atoms with Crippen molar-refractivity contribution < 1.29 is 19.0 Å². The van der Waals surface area contributed by atoms with Crippen molar-refractivity contribution in [2.24, 2.45) is 0 Å². The highest BCUT2D eigenvalue weighted by molar-refractivity contribution is 5.91. The van der Waals surface area contributed by atoms with Crippen molar-refractivity contribution in [2.75, 3.05) is 19.8 Å². The molecular formula is C20H24O4. The first-order valence-electron chi connectivity index (χ1n) is 8.34. The molecule has 0 aliphatic carbocycles. The molecule has 0 aliphatic rings. The number of hydrogen-bond donors (Lipinski definition) is 0. The van der Waals surface area contributed by atoms with Gasteiger partial charge in [-0.15, -0.1) is 0 Å². The Kier molecular flexibility index (Phi) is 7.30. The van der Waals surface area contributed by atoms with Gasteiger partial charge in [-0.05, 0) is 54.8 Å². The molecule has 2 rings (SSSR count). The SMILES string of the molecule is CCCOCCOc1ccc(C(=O)Oc2ccc(CC)cc2)cc1. The largest absolute Gasteiger partial charge is 0.491 e. The van der Waals surface area contributed by atoms with Crippen molar-refractivity contribution in [2.45, 2.75) is 26.7 Å². The van der Waals surface area contributed by atoms with Crippen molar-refractivity contribution in [3.8, 4) is 11.5 Å². The van der Waals surface area contributed by atoms with Crippen molar-refractivity contribution in [1.82, 2.24) is 0 Å². The molecule has 0 aromatic heterocycles. The number of rotatable bonds is 9. The van der Waals surface area contributed by atoms with E-state index in [0.717, 1.165) is 19.4 Å². The van der Waals surface area contributed by atoms with Crippen LogP contribution in [0.2, 0.25) is 0 Å². The minimum Gasteiger partial charge on any atom is -0.491 e. The van der Waals surface area contributed by atoms with E-state index in [-0.39, 0.29) is 5.97 Å². The lowest BCUT2D eigenvalue weighted by molar-refractivity contribution is 0.0734. The number of hydrogen-bond acceptors (Lipinski definition) is 4. The van der Waals surface area contributed by atoms with Crippen molar-refractivity contribution in [3.63, 3.8) is 0 Å². The standard InChI is InChI=1S/C20H24O4/c1-3-13-22-14-15-23-18-11-7-17(8-12-18)20(21)24-19-9-5-16(4-2)6-10-19/h5-12H,3-4,13-15H2,1-2H3. The van der Waals surface area contributed by atoms with Crippen LogP contribution in [0.25, 0.3) is 0 Å². The van der Waals surface area contributed by atoms with Gasteiger partial charge in [0, 0.05) is 6.61 Å². The predicted octanol–water partition coefficient (Wildman–Crippen LogP) is 4.27. The van der Waals surface area contributed by atoms with Crippen LogP contribution < -0.4 is 9.47 Å². The van der Waals surface area contributed by atoms with E-state index in [1.807, 2.05) is 24.3 Å². The summed E-state index contributed by atoms with van der Waals surface area (Å²) in [6.45, 7) is 5.95. The van der Waals surface area contributed by atoms with Crippen molar-refractivity contribution in [3.05, 3.63) is 59.7 Å². The lowest BCUT2D eigenvalue weighted by Crippen LogP contribution is -2.09. The second kappa shape index (κ2) is 9.73. The number of carbonyl (C=O) groups excluding carboxylic acids is 1. The van der Waals surface area contributed by atoms with Gasteiger partial charge >= 0.3 is 5.97 Å². The quantitative estimate of drug-likeness (QED) is 0.392. The molecule has 24 heavy (non-hydrogen) atoms. The van der Waals surface area contributed by atoms with Gasteiger partial charge in [-0.25, -0.2) is 4.79 Å². The zero-order valence-corrected chi connectivity index (χ0v) is 14.3. The third-order valence-corrected chi connectivity index (χ3v) is 3.48. The van der Waals surface area contributed by atoms with Gasteiger partial charge in [0.15, 0.2) is 0 Å². The van der Waals surface area contributed by atoms with Crippen LogP contribution in [0.5, 0.6) is 11.5 Å². The van der Waals surface area contributed by atoms with Gasteiger partial charge in [0.1, 0.15) is 18.1 Å². The van der Waals surface area contributed by atoms with E-state index in [9.17, 15) is 4.79 Å². The Morgan fingerprint density at radius 1 is 0.833 bits per heavy atom. The van der Waals surface area contributed by atoms with Crippen LogP contribution in [-0.4, -0.2) is 25.8 Å². The zero-order chi connectivity index (χ0) is 17.2. The molecule has 4 nitrogen and oxygen atoms in total. The van der Waals surface area contributed by atoms with Crippen LogP contribution in [0.4, 0.5) is 0 Å². The fourth-order valence-corrected chi connectivity index (χ4v) is 2.11. The van der Waals surface area contributed by atoms with E-state index in [4.69, 9.17) is 14.2 Å². The van der Waals surface area contributed by atoms with Gasteiger partial charge < -0.3 is 14.2 Å². The average Bonchev–Trinajstić information content (AvgIpc) is 2.62. The first-order chi connectivity index (χ1) is 11.7. The zero-order valence-electron chi connectivity index (χ0n) is 14.3. The Morgan fingerprint density at radius 2 is 1.50 bits per heavy atom. The molecule has 0 fully saturated rings. The third-order valence-electron chi connectivity index (χ3n) is 3.48. The maximum Gasteiger partial charge on any atom is 0.343 e. The van der Waals surface area contributed by atoms with Crippen molar-refractivity contribution in [1.29, 1.82) is 0 Å². The molecule has 2 aromatic rings. The number of esters is 1. The van der Waals surface area contributed by atoms with Crippen LogP contribution in [0, 0.1) is 0 Å². The molecule has 0 unspecified atom stereocenters. The van der Waals surface area contributed by atoms with Gasteiger partial charge in [0.2, 0.25) is 0 Å². The first-order valence-corrected chi connectivity index (χ1v) is 8.34. The maximum absolute atomic E-state index is 12.1. The molecule has 0 amide bonds. The number of aryl methyl sites for hydroxylation is 1. The summed E-state index contributed by atoms with van der Waals surface area (Å²) < 4.78 is 16.3. The summed E-state index contributed by atoms with van der Waals surface area (Å²) in [5.41, 5.74) is 1.70. The first kappa shape index (κ1) is 18.0. The molecule has 0 heterocycles. The lowest BCUT2D eigenvalue weighted by Gasteiger charge is -2.08. The summed E-state index contributed by atoms with van der Waals surface area (Å²) in [5, 5.41) is 0. The molecule has 0 N–H and O–H groups in total. The van der Waals surface area contributed by atoms with E-state index >= 15 is 0 Å². The third kappa shape index (κ3) is 5.70. The number of carbonyl (C=O) groups is 1. The normalized spacial score (nSPS) is 10.4. The maximum atomic E-state index is 12.1. The Morgan fingerprint density at radius 3 is 2.12 bits per heavy atom. The van der Waals surface area contributed by atoms with Gasteiger partial charge in [-0.3, -0.25) is 0 Å². The summed E-state index contributed by atoms with van der Waals surface area (Å²) in [5.74, 6) is 0.877. The second-order valence-electron chi connectivity index (χ2n) is 5.37. The Hall–Kier alpha value is -2.33. The van der Waals surface area contributed by atoms with Crippen LogP contribution in [-0.2, 0) is 11.2 Å². The Balaban J connectivity index is 1.83. The summed E-state index contributed by atoms with van der Waals surface area (Å²) in [6.07, 6.45) is 1.96. The van der Waals surface area contributed by atoms with Gasteiger partial charge in [0.05, 0.1) is 12.2 Å². The average molecular weight is 328 g/mol. The minimum atomic E-state index is -0.378. The van der Waals surface area contributed by atoms with Gasteiger partial charge in [0.25, 0.3) is 0 Å². The molecule has 0 saturated carbocycles. The molecule has 4 heteroatoms. The molecule has 128 valence electrons. The summed E-state index contributed by atoms with van der Waals surface area (Å²) in [6, 6.07) is 14.5. The Bertz CT molecular complexity index is 617. The molecule has 0 aliphatic heterocycles. The molecule has 0 bridgehead atoms. The van der Waals surface area contributed by atoms with E-state index in [1.165, 1.54) is 5.56 Å². The molecule has 0 saturated heterocycles. The molecule has 2 aromatic carbocycles. The van der Waals surface area contributed by atoms with E-state index in [0.29, 0.717) is 30.3 Å². The molecule has 0 spiro atoms. The Labute approximate surface area is 143 Å². The van der Waals surface area contributed by atoms with E-state index < -0.39 is 0 Å². The molecular weight excluding hydrogens is 304 g/mol. The highest BCUT2D eigenvalue weighted by Gasteiger charge is 2.08. The number of benzene rings is 2. The minimum absolute atomic E-state index is 0.378. The lowest BCUT2D eigenvalue weighted by atomic mass is 10.2. The van der Waals surface area contributed by atoms with Gasteiger partial charge in [-0.1, -0.05) is 26.0 Å². The van der Waals surface area contributed by atoms with Crippen molar-refractivity contribution >= 4 is 5.97 Å². The summed E-state index contributed by atoms with van der Waals surface area (Å²) in [4.78, 5) is 12.1. The molecule has 0 atom stereocenters. The van der Waals surface area contributed by atoms with E-state index in [1.54, 1.807) is 24.3 Å². The number of ether oxygens (including phenoxy) is 3. The van der Waals surface area contributed by atoms with Crippen LogP contribution in [0.15, 0.2) is 48.5 Å². The monoisotopic (exact) mass is 328 g/mol. The summed E-state index contributed by atoms with van der Waals surface area (Å²) >= 11 is 0. The topological polar surface area (TPSA) is 44.8 Å². The fraction of sp³-hybridized carbons (Fsp3) is 0.350. The van der Waals surface area contributed by atoms with Crippen LogP contribution in [0.1, 0.15) is 36.2 Å². The highest BCUT2D eigenvalue weighted by atomic mass is 16.5. The smallest absolute Gasteiger partial charge is 0.343 e. The van der Waals surface area contributed by atoms with E-state index in [2.05, 4.69) is 13.8 Å². The predicted molar refractivity (Wildman–Crippen MR) is 93.8 cm³/mol. The summed E-state index contributed by atoms with van der Waals surface area (Å²) in [7, 11) is 0. The highest BCUT2D eigenvalue weighted by Crippen LogP contribution is 2.17. The van der Waals surface area contributed by atoms with Gasteiger partial charge in [-0.2, -0.15) is 0 Å². The second-order valence-corrected chi connectivity index (χ2v) is 5.37. The van der Waals surface area contributed by atoms with Crippen LogP contribution in [0.3, 0.4) is 0 Å². The molecule has 0 radical (unpaired) electrons. The van der Waals surface area contributed by atoms with Crippen LogP contribution >= 0.6 is 0 Å².